The number of ether oxygens (including phenoxy) is 1. The van der Waals surface area contributed by atoms with Crippen LogP contribution in [0.25, 0.3) is 5.69 Å². The second-order valence-corrected chi connectivity index (χ2v) is 5.34. The van der Waals surface area contributed by atoms with Crippen LogP contribution in [0.2, 0.25) is 5.02 Å². The van der Waals surface area contributed by atoms with Gasteiger partial charge in [0.1, 0.15) is 17.1 Å². The highest BCUT2D eigenvalue weighted by Crippen LogP contribution is 2.30. The molecule has 0 saturated carbocycles. The molecular weight excluding hydrogens is 290 g/mol. The van der Waals surface area contributed by atoms with E-state index in [9.17, 15) is 5.11 Å². The van der Waals surface area contributed by atoms with Gasteiger partial charge in [-0.1, -0.05) is 30.2 Å². The molecule has 114 valence electrons. The van der Waals surface area contributed by atoms with Crippen molar-refractivity contribution in [1.82, 2.24) is 15.0 Å². The van der Waals surface area contributed by atoms with E-state index in [0.29, 0.717) is 16.5 Å². The maximum Gasteiger partial charge on any atom is 0.146 e. The van der Waals surface area contributed by atoms with E-state index in [1.165, 1.54) is 0 Å². The Kier molecular flexibility index (Phi) is 5.20. The van der Waals surface area contributed by atoms with Gasteiger partial charge in [-0.15, -0.1) is 5.10 Å². The molecule has 0 unspecified atom stereocenters. The molecule has 0 bridgehead atoms. The van der Waals surface area contributed by atoms with E-state index in [1.807, 2.05) is 13.0 Å². The monoisotopic (exact) mass is 309 g/mol. The van der Waals surface area contributed by atoms with Gasteiger partial charge in [0.15, 0.2) is 0 Å². The number of aryl methyl sites for hydroxylation is 1. The summed E-state index contributed by atoms with van der Waals surface area (Å²) in [5.41, 5.74) is 3.25. The number of aliphatic hydroxyl groups excluding tert-OH is 1. The molecule has 2 rings (SSSR count). The van der Waals surface area contributed by atoms with Crippen molar-refractivity contribution in [2.75, 3.05) is 7.11 Å². The Bertz CT molecular complexity index is 626. The van der Waals surface area contributed by atoms with Crippen molar-refractivity contribution in [3.05, 3.63) is 34.1 Å². The van der Waals surface area contributed by atoms with E-state index in [-0.39, 0.29) is 6.61 Å². The molecule has 0 spiro atoms. The quantitative estimate of drug-likeness (QED) is 0.891. The summed E-state index contributed by atoms with van der Waals surface area (Å²) in [5, 5.41) is 18.3. The molecule has 0 amide bonds. The molecule has 5 nitrogen and oxygen atoms in total. The first-order valence-corrected chi connectivity index (χ1v) is 7.39. The van der Waals surface area contributed by atoms with Gasteiger partial charge in [-0.2, -0.15) is 0 Å². The van der Waals surface area contributed by atoms with Gasteiger partial charge in [-0.3, -0.25) is 0 Å². The molecular formula is C15H20ClN3O2. The largest absolute Gasteiger partial charge is 0.494 e. The Labute approximate surface area is 129 Å². The third kappa shape index (κ3) is 3.19. The van der Waals surface area contributed by atoms with Crippen molar-refractivity contribution in [1.29, 1.82) is 0 Å². The fourth-order valence-electron chi connectivity index (χ4n) is 2.22. The number of aliphatic hydroxyl groups is 1. The van der Waals surface area contributed by atoms with E-state index in [1.54, 1.807) is 17.9 Å². The average Bonchev–Trinajstić information content (AvgIpc) is 2.90. The van der Waals surface area contributed by atoms with Crippen molar-refractivity contribution in [3.8, 4) is 11.4 Å². The van der Waals surface area contributed by atoms with Crippen LogP contribution >= 0.6 is 11.6 Å². The highest BCUT2D eigenvalue weighted by atomic mass is 35.5. The van der Waals surface area contributed by atoms with Crippen molar-refractivity contribution in [2.45, 2.75) is 39.7 Å². The molecule has 1 aromatic carbocycles. The standard InChI is InChI=1S/C15H20ClN3O2/c1-4-5-6-13-12(9-20)17-18-19(13)14-7-10(2)11(16)8-15(14)21-3/h7-8,20H,4-6,9H2,1-3H3. The number of hydrogen-bond donors (Lipinski definition) is 1. The number of methoxy groups -OCH3 is 1. The zero-order valence-corrected chi connectivity index (χ0v) is 13.3. The molecule has 6 heteroatoms. The van der Waals surface area contributed by atoms with Gasteiger partial charge in [0.05, 0.1) is 19.4 Å². The lowest BCUT2D eigenvalue weighted by atomic mass is 10.1. The van der Waals surface area contributed by atoms with Crippen LogP contribution in [0.3, 0.4) is 0 Å². The predicted molar refractivity (Wildman–Crippen MR) is 82.2 cm³/mol. The molecule has 1 heterocycles. The average molecular weight is 310 g/mol. The fraction of sp³-hybridized carbons (Fsp3) is 0.467. The molecule has 0 aliphatic carbocycles. The van der Waals surface area contributed by atoms with E-state index < -0.39 is 0 Å². The lowest BCUT2D eigenvalue weighted by Gasteiger charge is -2.13. The van der Waals surface area contributed by atoms with Gasteiger partial charge in [-0.05, 0) is 31.4 Å². The van der Waals surface area contributed by atoms with Crippen molar-refractivity contribution in [2.24, 2.45) is 0 Å². The maximum absolute atomic E-state index is 9.44. The van der Waals surface area contributed by atoms with Crippen molar-refractivity contribution >= 4 is 11.6 Å². The Morgan fingerprint density at radius 2 is 2.14 bits per heavy atom. The molecule has 2 aromatic rings. The van der Waals surface area contributed by atoms with E-state index in [2.05, 4.69) is 17.2 Å². The van der Waals surface area contributed by atoms with Gasteiger partial charge >= 0.3 is 0 Å². The summed E-state index contributed by atoms with van der Waals surface area (Å²) in [6, 6.07) is 3.70. The maximum atomic E-state index is 9.44. The molecule has 1 aromatic heterocycles. The van der Waals surface area contributed by atoms with Crippen molar-refractivity contribution in [3.63, 3.8) is 0 Å². The Hall–Kier alpha value is -1.59. The Balaban J connectivity index is 2.55. The third-order valence-corrected chi connectivity index (χ3v) is 3.86. The summed E-state index contributed by atoms with van der Waals surface area (Å²) in [4.78, 5) is 0. The van der Waals surface area contributed by atoms with Gasteiger partial charge in [0.25, 0.3) is 0 Å². The number of halogens is 1. The summed E-state index contributed by atoms with van der Waals surface area (Å²) >= 11 is 6.14. The van der Waals surface area contributed by atoms with Crippen molar-refractivity contribution < 1.29 is 9.84 Å². The van der Waals surface area contributed by atoms with Gasteiger partial charge < -0.3 is 9.84 Å². The highest BCUT2D eigenvalue weighted by molar-refractivity contribution is 6.31. The molecule has 0 atom stereocenters. The molecule has 0 aliphatic heterocycles. The SMILES string of the molecule is CCCCc1c(CO)nnn1-c1cc(C)c(Cl)cc1OC. The van der Waals surface area contributed by atoms with Gasteiger partial charge in [0.2, 0.25) is 0 Å². The first-order valence-electron chi connectivity index (χ1n) is 7.01. The van der Waals surface area contributed by atoms with E-state index >= 15 is 0 Å². The van der Waals surface area contributed by atoms with Crippen LogP contribution in [0.4, 0.5) is 0 Å². The Morgan fingerprint density at radius 3 is 2.76 bits per heavy atom. The third-order valence-electron chi connectivity index (χ3n) is 3.45. The lowest BCUT2D eigenvalue weighted by Crippen LogP contribution is -2.06. The van der Waals surface area contributed by atoms with E-state index in [0.717, 1.165) is 36.2 Å². The molecule has 0 radical (unpaired) electrons. The smallest absolute Gasteiger partial charge is 0.146 e. The van der Waals surface area contributed by atoms with Crippen LogP contribution in [0.15, 0.2) is 12.1 Å². The summed E-state index contributed by atoms with van der Waals surface area (Å²) in [6.07, 6.45) is 2.88. The number of unbranched alkanes of at least 4 members (excludes halogenated alkanes) is 1. The predicted octanol–water partition coefficient (Wildman–Crippen LogP) is 3.07. The van der Waals surface area contributed by atoms with Crippen LogP contribution in [0.1, 0.15) is 36.7 Å². The lowest BCUT2D eigenvalue weighted by molar-refractivity contribution is 0.275. The van der Waals surface area contributed by atoms with Gasteiger partial charge in [0, 0.05) is 11.1 Å². The zero-order valence-electron chi connectivity index (χ0n) is 12.6. The number of aromatic nitrogens is 3. The Morgan fingerprint density at radius 1 is 1.38 bits per heavy atom. The number of hydrogen-bond acceptors (Lipinski definition) is 4. The van der Waals surface area contributed by atoms with Crippen LogP contribution in [0.5, 0.6) is 5.75 Å². The fourth-order valence-corrected chi connectivity index (χ4v) is 2.37. The van der Waals surface area contributed by atoms with E-state index in [4.69, 9.17) is 16.3 Å². The molecule has 0 aliphatic rings. The first kappa shape index (κ1) is 15.8. The van der Waals surface area contributed by atoms with Crippen LogP contribution in [0, 0.1) is 6.92 Å². The molecule has 0 fully saturated rings. The molecule has 0 saturated heterocycles. The molecule has 21 heavy (non-hydrogen) atoms. The number of rotatable bonds is 6. The first-order chi connectivity index (χ1) is 10.1. The van der Waals surface area contributed by atoms with Crippen LogP contribution in [-0.2, 0) is 13.0 Å². The minimum absolute atomic E-state index is 0.117. The minimum Gasteiger partial charge on any atom is -0.494 e. The highest BCUT2D eigenvalue weighted by Gasteiger charge is 2.17. The number of benzene rings is 1. The summed E-state index contributed by atoms with van der Waals surface area (Å²) in [7, 11) is 1.60. The number of nitrogens with zero attached hydrogens (tertiary/aromatic N) is 3. The second-order valence-electron chi connectivity index (χ2n) is 4.93. The minimum atomic E-state index is -0.117. The summed E-state index contributed by atoms with van der Waals surface area (Å²) in [6.45, 7) is 3.94. The topological polar surface area (TPSA) is 60.2 Å². The zero-order chi connectivity index (χ0) is 15.4. The molecule has 1 N–H and O–H groups in total. The summed E-state index contributed by atoms with van der Waals surface area (Å²) < 4.78 is 7.14. The van der Waals surface area contributed by atoms with Gasteiger partial charge in [-0.25, -0.2) is 4.68 Å². The normalized spacial score (nSPS) is 10.9. The summed E-state index contributed by atoms with van der Waals surface area (Å²) in [5.74, 6) is 0.637. The van der Waals surface area contributed by atoms with Crippen LogP contribution < -0.4 is 4.74 Å². The second kappa shape index (κ2) is 6.91. The van der Waals surface area contributed by atoms with Crippen LogP contribution in [-0.4, -0.2) is 27.2 Å².